The number of esters is 1. The highest BCUT2D eigenvalue weighted by Crippen LogP contribution is 2.32. The van der Waals surface area contributed by atoms with Crippen molar-refractivity contribution in [3.63, 3.8) is 0 Å². The van der Waals surface area contributed by atoms with Gasteiger partial charge in [0.2, 0.25) is 0 Å². The van der Waals surface area contributed by atoms with Crippen molar-refractivity contribution in [2.24, 2.45) is 17.6 Å². The van der Waals surface area contributed by atoms with E-state index in [1.807, 2.05) is 0 Å². The molecule has 17 heavy (non-hydrogen) atoms. The maximum absolute atomic E-state index is 12.1. The van der Waals surface area contributed by atoms with E-state index in [4.69, 9.17) is 10.5 Å². The molecule has 0 amide bonds. The first kappa shape index (κ1) is 12.8. The van der Waals surface area contributed by atoms with Crippen LogP contribution in [0, 0.1) is 11.8 Å². The van der Waals surface area contributed by atoms with Crippen molar-refractivity contribution >= 4 is 5.97 Å². The number of ether oxygens (including phenoxy) is 1. The summed E-state index contributed by atoms with van der Waals surface area (Å²) in [5.41, 5.74) is 5.70. The van der Waals surface area contributed by atoms with Gasteiger partial charge in [0.25, 0.3) is 0 Å². The summed E-state index contributed by atoms with van der Waals surface area (Å²) < 4.78 is 5.63. The number of carbonyl (C=O) groups excluding carboxylic acids is 1. The van der Waals surface area contributed by atoms with Gasteiger partial charge < -0.3 is 15.4 Å². The monoisotopic (exact) mass is 240 g/mol. The maximum Gasteiger partial charge on any atom is 0.309 e. The van der Waals surface area contributed by atoms with Gasteiger partial charge in [-0.1, -0.05) is 6.42 Å². The van der Waals surface area contributed by atoms with E-state index >= 15 is 0 Å². The average Bonchev–Trinajstić information content (AvgIpc) is 2.80. The molecular formula is C13H24N2O2. The van der Waals surface area contributed by atoms with Crippen LogP contribution in [0.5, 0.6) is 0 Å². The summed E-state index contributed by atoms with van der Waals surface area (Å²) in [6.07, 6.45) is 5.26. The predicted molar refractivity (Wildman–Crippen MR) is 66.5 cm³/mol. The Morgan fingerprint density at radius 2 is 2.00 bits per heavy atom. The van der Waals surface area contributed by atoms with Crippen molar-refractivity contribution in [3.8, 4) is 0 Å². The van der Waals surface area contributed by atoms with Crippen molar-refractivity contribution in [2.75, 3.05) is 26.7 Å². The number of piperidine rings is 1. The van der Waals surface area contributed by atoms with Crippen LogP contribution in [0.15, 0.2) is 0 Å². The molecule has 1 saturated heterocycles. The Morgan fingerprint density at radius 3 is 2.65 bits per heavy atom. The fourth-order valence-corrected chi connectivity index (χ4v) is 2.98. The second kappa shape index (κ2) is 5.83. The molecule has 0 bridgehead atoms. The molecule has 0 aromatic carbocycles. The van der Waals surface area contributed by atoms with Gasteiger partial charge >= 0.3 is 5.97 Å². The minimum absolute atomic E-state index is 0.00695. The zero-order valence-electron chi connectivity index (χ0n) is 10.7. The normalized spacial score (nSPS) is 31.6. The smallest absolute Gasteiger partial charge is 0.309 e. The Labute approximate surface area is 103 Å². The summed E-state index contributed by atoms with van der Waals surface area (Å²) in [5.74, 6) is 0.431. The minimum atomic E-state index is 0.00695. The molecule has 4 heteroatoms. The van der Waals surface area contributed by atoms with Crippen LogP contribution in [0.25, 0.3) is 0 Å². The van der Waals surface area contributed by atoms with Crippen LogP contribution in [0.4, 0.5) is 0 Å². The summed E-state index contributed by atoms with van der Waals surface area (Å²) >= 11 is 0. The average molecular weight is 240 g/mol. The molecule has 1 heterocycles. The predicted octanol–water partition coefficient (Wildman–Crippen LogP) is 0.999. The standard InChI is InChI=1S/C13H24N2O2/c1-15-7-5-11(6-8-15)17-13(16)12-4-2-3-10(12)9-14/h10-12H,2-9,14H2,1H3. The Balaban J connectivity index is 1.80. The minimum Gasteiger partial charge on any atom is -0.462 e. The second-order valence-electron chi connectivity index (χ2n) is 5.47. The molecule has 2 fully saturated rings. The van der Waals surface area contributed by atoms with E-state index in [2.05, 4.69) is 11.9 Å². The van der Waals surface area contributed by atoms with Gasteiger partial charge in [0, 0.05) is 13.1 Å². The highest BCUT2D eigenvalue weighted by atomic mass is 16.5. The Morgan fingerprint density at radius 1 is 1.29 bits per heavy atom. The number of carbonyl (C=O) groups is 1. The molecule has 2 N–H and O–H groups in total. The number of hydrogen-bond acceptors (Lipinski definition) is 4. The van der Waals surface area contributed by atoms with E-state index in [0.29, 0.717) is 12.5 Å². The maximum atomic E-state index is 12.1. The zero-order valence-corrected chi connectivity index (χ0v) is 10.7. The van der Waals surface area contributed by atoms with E-state index in [0.717, 1.165) is 45.2 Å². The van der Waals surface area contributed by atoms with Crippen LogP contribution in [0.1, 0.15) is 32.1 Å². The molecular weight excluding hydrogens is 216 g/mol. The first-order valence-electron chi connectivity index (χ1n) is 6.80. The number of nitrogens with zero attached hydrogens (tertiary/aromatic N) is 1. The summed E-state index contributed by atoms with van der Waals surface area (Å²) in [6, 6.07) is 0. The molecule has 2 atom stereocenters. The number of hydrogen-bond donors (Lipinski definition) is 1. The summed E-state index contributed by atoms with van der Waals surface area (Å²) in [5, 5.41) is 0. The third-order valence-electron chi connectivity index (χ3n) is 4.21. The van der Waals surface area contributed by atoms with Crippen molar-refractivity contribution in [3.05, 3.63) is 0 Å². The summed E-state index contributed by atoms with van der Waals surface area (Å²) in [7, 11) is 2.11. The molecule has 1 aliphatic carbocycles. The van der Waals surface area contributed by atoms with Crippen LogP contribution in [0.2, 0.25) is 0 Å². The third kappa shape index (κ3) is 3.19. The van der Waals surface area contributed by atoms with E-state index in [1.54, 1.807) is 0 Å². The van der Waals surface area contributed by atoms with Gasteiger partial charge in [0.1, 0.15) is 6.10 Å². The first-order chi connectivity index (χ1) is 8.20. The molecule has 2 aliphatic rings. The van der Waals surface area contributed by atoms with E-state index in [1.165, 1.54) is 0 Å². The van der Waals surface area contributed by atoms with E-state index in [9.17, 15) is 4.79 Å². The summed E-state index contributed by atoms with van der Waals surface area (Å²) in [6.45, 7) is 2.68. The lowest BCUT2D eigenvalue weighted by atomic mass is 9.96. The van der Waals surface area contributed by atoms with Crippen molar-refractivity contribution in [2.45, 2.75) is 38.2 Å². The van der Waals surface area contributed by atoms with Crippen LogP contribution < -0.4 is 5.73 Å². The zero-order chi connectivity index (χ0) is 12.3. The topological polar surface area (TPSA) is 55.6 Å². The van der Waals surface area contributed by atoms with Gasteiger partial charge in [-0.3, -0.25) is 4.79 Å². The molecule has 2 unspecified atom stereocenters. The number of likely N-dealkylation sites (tertiary alicyclic amines) is 1. The van der Waals surface area contributed by atoms with Crippen LogP contribution >= 0.6 is 0 Å². The Hall–Kier alpha value is -0.610. The molecule has 0 aromatic heterocycles. The van der Waals surface area contributed by atoms with Crippen molar-refractivity contribution < 1.29 is 9.53 Å². The third-order valence-corrected chi connectivity index (χ3v) is 4.21. The lowest BCUT2D eigenvalue weighted by molar-refractivity contribution is -0.157. The quantitative estimate of drug-likeness (QED) is 0.748. The lowest BCUT2D eigenvalue weighted by Crippen LogP contribution is -2.37. The number of nitrogens with two attached hydrogens (primary N) is 1. The van der Waals surface area contributed by atoms with Gasteiger partial charge in [-0.25, -0.2) is 0 Å². The fraction of sp³-hybridized carbons (Fsp3) is 0.923. The van der Waals surface area contributed by atoms with Gasteiger partial charge in [0.05, 0.1) is 5.92 Å². The largest absolute Gasteiger partial charge is 0.462 e. The highest BCUT2D eigenvalue weighted by Gasteiger charge is 2.34. The fourth-order valence-electron chi connectivity index (χ4n) is 2.98. The number of rotatable bonds is 3. The van der Waals surface area contributed by atoms with E-state index in [-0.39, 0.29) is 18.0 Å². The Bertz CT molecular complexity index is 262. The van der Waals surface area contributed by atoms with Crippen LogP contribution in [0.3, 0.4) is 0 Å². The van der Waals surface area contributed by atoms with Crippen LogP contribution in [-0.4, -0.2) is 43.7 Å². The highest BCUT2D eigenvalue weighted by molar-refractivity contribution is 5.73. The molecule has 98 valence electrons. The van der Waals surface area contributed by atoms with E-state index < -0.39 is 0 Å². The van der Waals surface area contributed by atoms with Crippen molar-refractivity contribution in [1.82, 2.24) is 4.90 Å². The van der Waals surface area contributed by atoms with Gasteiger partial charge in [-0.2, -0.15) is 0 Å². The summed E-state index contributed by atoms with van der Waals surface area (Å²) in [4.78, 5) is 14.4. The second-order valence-corrected chi connectivity index (χ2v) is 5.47. The van der Waals surface area contributed by atoms with Gasteiger partial charge in [-0.15, -0.1) is 0 Å². The van der Waals surface area contributed by atoms with Gasteiger partial charge in [0.15, 0.2) is 0 Å². The molecule has 1 saturated carbocycles. The molecule has 0 aromatic rings. The molecule has 1 aliphatic heterocycles. The van der Waals surface area contributed by atoms with Gasteiger partial charge in [-0.05, 0) is 45.2 Å². The SMILES string of the molecule is CN1CCC(OC(=O)C2CCCC2CN)CC1. The Kier molecular flexibility index (Phi) is 4.40. The van der Waals surface area contributed by atoms with Crippen molar-refractivity contribution in [1.29, 1.82) is 0 Å². The molecule has 0 spiro atoms. The molecule has 0 radical (unpaired) electrons. The molecule has 2 rings (SSSR count). The first-order valence-corrected chi connectivity index (χ1v) is 6.80. The lowest BCUT2D eigenvalue weighted by Gasteiger charge is -2.30. The van der Waals surface area contributed by atoms with Crippen LogP contribution in [-0.2, 0) is 9.53 Å². The molecule has 4 nitrogen and oxygen atoms in total.